The standard InChI is InChI=1S/C13H16FNO4S/c14-10-5-7-11(8-6-10)20(18,19)15-9-3-1-2-4-12(15)13(16)17/h5-8,12H,1-4,9H2,(H,16,17). The molecule has 1 N–H and O–H groups in total. The summed E-state index contributed by atoms with van der Waals surface area (Å²) in [6.45, 7) is 0.177. The highest BCUT2D eigenvalue weighted by Gasteiger charge is 2.36. The van der Waals surface area contributed by atoms with E-state index in [0.29, 0.717) is 19.3 Å². The summed E-state index contributed by atoms with van der Waals surface area (Å²) in [7, 11) is -3.91. The third-order valence-corrected chi connectivity index (χ3v) is 5.33. The molecule has 0 saturated carbocycles. The summed E-state index contributed by atoms with van der Waals surface area (Å²) in [6, 6.07) is 3.39. The SMILES string of the molecule is O=C(O)C1CCCCCN1S(=O)(=O)c1ccc(F)cc1. The first-order chi connectivity index (χ1) is 9.43. The van der Waals surface area contributed by atoms with E-state index in [1.807, 2.05) is 0 Å². The van der Waals surface area contributed by atoms with Crippen LogP contribution in [-0.2, 0) is 14.8 Å². The van der Waals surface area contributed by atoms with Crippen molar-refractivity contribution in [3.05, 3.63) is 30.1 Å². The van der Waals surface area contributed by atoms with Gasteiger partial charge in [-0.2, -0.15) is 4.31 Å². The predicted molar refractivity (Wildman–Crippen MR) is 70.2 cm³/mol. The maximum Gasteiger partial charge on any atom is 0.322 e. The fourth-order valence-electron chi connectivity index (χ4n) is 2.36. The molecule has 1 aliphatic heterocycles. The summed E-state index contributed by atoms with van der Waals surface area (Å²) in [6.07, 6.45) is 2.42. The van der Waals surface area contributed by atoms with Gasteiger partial charge in [0.1, 0.15) is 11.9 Å². The van der Waals surface area contributed by atoms with Gasteiger partial charge in [0.05, 0.1) is 4.90 Å². The molecule has 110 valence electrons. The molecule has 1 aromatic carbocycles. The molecule has 1 aromatic rings. The van der Waals surface area contributed by atoms with Crippen LogP contribution in [-0.4, -0.2) is 36.4 Å². The third-order valence-electron chi connectivity index (χ3n) is 3.41. The zero-order valence-corrected chi connectivity index (χ0v) is 11.6. The highest BCUT2D eigenvalue weighted by Crippen LogP contribution is 2.25. The minimum absolute atomic E-state index is 0.0768. The van der Waals surface area contributed by atoms with Gasteiger partial charge in [0, 0.05) is 6.54 Å². The molecule has 1 unspecified atom stereocenters. The van der Waals surface area contributed by atoms with Crippen LogP contribution in [0.5, 0.6) is 0 Å². The average molecular weight is 301 g/mol. The molecule has 0 radical (unpaired) electrons. The Morgan fingerprint density at radius 1 is 1.20 bits per heavy atom. The molecule has 2 rings (SSSR count). The molecule has 7 heteroatoms. The maximum atomic E-state index is 12.9. The van der Waals surface area contributed by atoms with Crippen LogP contribution in [0.15, 0.2) is 29.2 Å². The molecular weight excluding hydrogens is 285 g/mol. The lowest BCUT2D eigenvalue weighted by molar-refractivity contribution is -0.141. The summed E-state index contributed by atoms with van der Waals surface area (Å²) in [5.41, 5.74) is 0. The first-order valence-corrected chi connectivity index (χ1v) is 7.87. The van der Waals surface area contributed by atoms with E-state index in [1.165, 1.54) is 0 Å². The first-order valence-electron chi connectivity index (χ1n) is 6.43. The lowest BCUT2D eigenvalue weighted by atomic mass is 10.1. The molecule has 5 nitrogen and oxygen atoms in total. The Morgan fingerprint density at radius 3 is 2.45 bits per heavy atom. The number of benzene rings is 1. The smallest absolute Gasteiger partial charge is 0.322 e. The van der Waals surface area contributed by atoms with Crippen LogP contribution < -0.4 is 0 Å². The fourth-order valence-corrected chi connectivity index (χ4v) is 4.01. The van der Waals surface area contributed by atoms with Crippen molar-refractivity contribution in [2.24, 2.45) is 0 Å². The van der Waals surface area contributed by atoms with E-state index in [0.717, 1.165) is 35.0 Å². The fraction of sp³-hybridized carbons (Fsp3) is 0.462. The van der Waals surface area contributed by atoms with Crippen LogP contribution >= 0.6 is 0 Å². The van der Waals surface area contributed by atoms with Crippen molar-refractivity contribution >= 4 is 16.0 Å². The second-order valence-electron chi connectivity index (χ2n) is 4.77. The summed E-state index contributed by atoms with van der Waals surface area (Å²) >= 11 is 0. The van der Waals surface area contributed by atoms with Gasteiger partial charge in [-0.25, -0.2) is 12.8 Å². The van der Waals surface area contributed by atoms with E-state index in [1.54, 1.807) is 0 Å². The van der Waals surface area contributed by atoms with Crippen molar-refractivity contribution < 1.29 is 22.7 Å². The van der Waals surface area contributed by atoms with Gasteiger partial charge >= 0.3 is 5.97 Å². The van der Waals surface area contributed by atoms with E-state index in [2.05, 4.69) is 0 Å². The van der Waals surface area contributed by atoms with Gasteiger partial charge in [0.15, 0.2) is 0 Å². The van der Waals surface area contributed by atoms with E-state index in [-0.39, 0.29) is 11.4 Å². The number of carboxylic acid groups (broad SMARTS) is 1. The number of carboxylic acids is 1. The molecule has 20 heavy (non-hydrogen) atoms. The number of carbonyl (C=O) groups is 1. The van der Waals surface area contributed by atoms with Gasteiger partial charge in [0.2, 0.25) is 10.0 Å². The topological polar surface area (TPSA) is 74.7 Å². The second-order valence-corrected chi connectivity index (χ2v) is 6.66. The Balaban J connectivity index is 2.39. The monoisotopic (exact) mass is 301 g/mol. The number of aliphatic carboxylic acids is 1. The minimum Gasteiger partial charge on any atom is -0.480 e. The number of halogens is 1. The zero-order chi connectivity index (χ0) is 14.8. The molecule has 0 amide bonds. The molecule has 0 bridgehead atoms. The van der Waals surface area contributed by atoms with Crippen LogP contribution in [0, 0.1) is 5.82 Å². The lowest BCUT2D eigenvalue weighted by Crippen LogP contribution is -2.44. The van der Waals surface area contributed by atoms with Crippen molar-refractivity contribution in [3.8, 4) is 0 Å². The van der Waals surface area contributed by atoms with Crippen LogP contribution in [0.1, 0.15) is 25.7 Å². The quantitative estimate of drug-likeness (QED) is 0.924. The Morgan fingerprint density at radius 2 is 1.85 bits per heavy atom. The van der Waals surface area contributed by atoms with Gasteiger partial charge in [-0.3, -0.25) is 4.79 Å². The van der Waals surface area contributed by atoms with E-state index < -0.39 is 27.9 Å². The molecule has 1 fully saturated rings. The number of sulfonamides is 1. The molecule has 0 aromatic heterocycles. The molecule has 1 saturated heterocycles. The van der Waals surface area contributed by atoms with Crippen molar-refractivity contribution in [2.75, 3.05) is 6.54 Å². The van der Waals surface area contributed by atoms with Crippen LogP contribution in [0.3, 0.4) is 0 Å². The van der Waals surface area contributed by atoms with Gasteiger partial charge in [-0.1, -0.05) is 12.8 Å². The molecule has 1 heterocycles. The predicted octanol–water partition coefficient (Wildman–Crippen LogP) is 1.84. The molecule has 1 atom stereocenters. The second kappa shape index (κ2) is 5.88. The van der Waals surface area contributed by atoms with Crippen LogP contribution in [0.2, 0.25) is 0 Å². The van der Waals surface area contributed by atoms with Crippen molar-refractivity contribution in [1.29, 1.82) is 0 Å². The maximum absolute atomic E-state index is 12.9. The molecular formula is C13H16FNO4S. The van der Waals surface area contributed by atoms with E-state index in [9.17, 15) is 22.7 Å². The Kier molecular flexibility index (Phi) is 4.39. The molecule has 1 aliphatic rings. The summed E-state index contributed by atoms with van der Waals surface area (Å²) in [5.74, 6) is -1.67. The average Bonchev–Trinajstić information content (AvgIpc) is 2.65. The van der Waals surface area contributed by atoms with Crippen molar-refractivity contribution in [3.63, 3.8) is 0 Å². The third kappa shape index (κ3) is 2.99. The van der Waals surface area contributed by atoms with Gasteiger partial charge < -0.3 is 5.11 Å². The Labute approximate surface area is 117 Å². The largest absolute Gasteiger partial charge is 0.480 e. The summed E-state index contributed by atoms with van der Waals surface area (Å²) in [5, 5.41) is 9.22. The van der Waals surface area contributed by atoms with Gasteiger partial charge in [0.25, 0.3) is 0 Å². The zero-order valence-electron chi connectivity index (χ0n) is 10.8. The van der Waals surface area contributed by atoms with E-state index >= 15 is 0 Å². The minimum atomic E-state index is -3.91. The van der Waals surface area contributed by atoms with Crippen LogP contribution in [0.4, 0.5) is 4.39 Å². The summed E-state index contributed by atoms with van der Waals surface area (Å²) in [4.78, 5) is 11.2. The number of hydrogen-bond donors (Lipinski definition) is 1. The Hall–Kier alpha value is -1.47. The lowest BCUT2D eigenvalue weighted by Gasteiger charge is -2.26. The number of nitrogens with zero attached hydrogens (tertiary/aromatic N) is 1. The van der Waals surface area contributed by atoms with Gasteiger partial charge in [-0.05, 0) is 37.1 Å². The van der Waals surface area contributed by atoms with Crippen molar-refractivity contribution in [1.82, 2.24) is 4.31 Å². The van der Waals surface area contributed by atoms with E-state index in [4.69, 9.17) is 0 Å². The normalized spacial score (nSPS) is 21.4. The first kappa shape index (κ1) is 14.9. The Bertz CT molecular complexity index is 585. The molecule has 0 spiro atoms. The van der Waals surface area contributed by atoms with Gasteiger partial charge in [-0.15, -0.1) is 0 Å². The van der Waals surface area contributed by atoms with Crippen molar-refractivity contribution in [2.45, 2.75) is 36.6 Å². The number of rotatable bonds is 3. The number of hydrogen-bond acceptors (Lipinski definition) is 3. The van der Waals surface area contributed by atoms with Crippen LogP contribution in [0.25, 0.3) is 0 Å². The summed E-state index contributed by atoms with van der Waals surface area (Å²) < 4.78 is 38.9. The highest BCUT2D eigenvalue weighted by atomic mass is 32.2. The highest BCUT2D eigenvalue weighted by molar-refractivity contribution is 7.89. The molecule has 0 aliphatic carbocycles.